The Morgan fingerprint density at radius 1 is 1.56 bits per heavy atom. The molecule has 1 aromatic rings. The van der Waals surface area contributed by atoms with Crippen LogP contribution in [0.4, 0.5) is 4.39 Å². The van der Waals surface area contributed by atoms with Crippen molar-refractivity contribution in [2.45, 2.75) is 19.4 Å². The van der Waals surface area contributed by atoms with Crippen LogP contribution in [0.3, 0.4) is 0 Å². The van der Waals surface area contributed by atoms with Crippen LogP contribution in [0.25, 0.3) is 0 Å². The number of esters is 1. The van der Waals surface area contributed by atoms with Gasteiger partial charge in [-0.05, 0) is 24.1 Å². The molecule has 0 saturated heterocycles. The first-order valence-electron chi connectivity index (χ1n) is 4.63. The third-order valence-electron chi connectivity index (χ3n) is 2.32. The molecule has 0 aromatic heterocycles. The first-order chi connectivity index (χ1) is 7.06. The third-order valence-corrected chi connectivity index (χ3v) is 2.32. The van der Waals surface area contributed by atoms with Gasteiger partial charge >= 0.3 is 5.97 Å². The highest BCUT2D eigenvalue weighted by Gasteiger charge is 2.15. The van der Waals surface area contributed by atoms with Gasteiger partial charge in [-0.2, -0.15) is 0 Å². The molecule has 0 radical (unpaired) electrons. The van der Waals surface area contributed by atoms with Crippen molar-refractivity contribution in [3.8, 4) is 0 Å². The molecule has 0 unspecified atom stereocenters. The Morgan fingerprint density at radius 2 is 2.19 bits per heavy atom. The van der Waals surface area contributed by atoms with Crippen molar-refractivity contribution in [1.82, 2.24) is 0 Å². The number of carbonyl (C=O) groups is 1. The minimum Gasteiger partial charge on any atom is -0.469 e. The molecule has 2 N–H and O–H groups in total. The maximum absolute atomic E-state index is 13.2. The molecule has 5 heteroatoms. The van der Waals surface area contributed by atoms with Gasteiger partial charge in [-0.15, -0.1) is 12.4 Å². The largest absolute Gasteiger partial charge is 0.469 e. The molecule has 0 aliphatic heterocycles. The molecule has 0 amide bonds. The van der Waals surface area contributed by atoms with E-state index in [1.807, 2.05) is 0 Å². The molecule has 3 nitrogen and oxygen atoms in total. The zero-order chi connectivity index (χ0) is 11.4. The van der Waals surface area contributed by atoms with Gasteiger partial charge in [0.2, 0.25) is 0 Å². The lowest BCUT2D eigenvalue weighted by Crippen LogP contribution is -2.17. The van der Waals surface area contributed by atoms with E-state index < -0.39 is 12.0 Å². The second kappa shape index (κ2) is 6.45. The van der Waals surface area contributed by atoms with Gasteiger partial charge in [0.15, 0.2) is 0 Å². The maximum Gasteiger partial charge on any atom is 0.307 e. The smallest absolute Gasteiger partial charge is 0.307 e. The van der Waals surface area contributed by atoms with Crippen molar-refractivity contribution in [3.05, 3.63) is 35.1 Å². The Kier molecular flexibility index (Phi) is 6.00. The van der Waals surface area contributed by atoms with Crippen LogP contribution >= 0.6 is 12.4 Å². The first-order valence-corrected chi connectivity index (χ1v) is 4.63. The predicted molar refractivity (Wildman–Crippen MR) is 61.9 cm³/mol. The van der Waals surface area contributed by atoms with Crippen LogP contribution in [-0.4, -0.2) is 13.1 Å². The lowest BCUT2D eigenvalue weighted by atomic mass is 9.99. The van der Waals surface area contributed by atoms with Gasteiger partial charge in [-0.3, -0.25) is 4.79 Å². The molecule has 0 spiro atoms. The van der Waals surface area contributed by atoms with Crippen LogP contribution < -0.4 is 5.73 Å². The molecule has 1 atom stereocenters. The average molecular weight is 248 g/mol. The molecule has 1 aromatic carbocycles. The van der Waals surface area contributed by atoms with Crippen LogP contribution in [0.1, 0.15) is 23.6 Å². The summed E-state index contributed by atoms with van der Waals surface area (Å²) in [5.74, 6) is -0.709. The fourth-order valence-corrected chi connectivity index (χ4v) is 1.40. The van der Waals surface area contributed by atoms with E-state index in [9.17, 15) is 9.18 Å². The molecular formula is C11H15ClFNO2. The molecule has 0 aliphatic rings. The molecule has 0 bridgehead atoms. The highest BCUT2D eigenvalue weighted by atomic mass is 35.5. The summed E-state index contributed by atoms with van der Waals surface area (Å²) in [6.45, 7) is 1.64. The summed E-state index contributed by atoms with van der Waals surface area (Å²) in [4.78, 5) is 11.0. The van der Waals surface area contributed by atoms with Crippen LogP contribution in [0.2, 0.25) is 0 Å². The number of benzene rings is 1. The minimum atomic E-state index is -0.520. The summed E-state index contributed by atoms with van der Waals surface area (Å²) in [5.41, 5.74) is 6.89. The van der Waals surface area contributed by atoms with Gasteiger partial charge in [0.25, 0.3) is 0 Å². The van der Waals surface area contributed by atoms with Gasteiger partial charge in [0.05, 0.1) is 13.5 Å². The molecule has 0 aliphatic carbocycles. The van der Waals surface area contributed by atoms with Crippen molar-refractivity contribution in [1.29, 1.82) is 0 Å². The zero-order valence-electron chi connectivity index (χ0n) is 9.20. The second-order valence-corrected chi connectivity index (χ2v) is 3.34. The van der Waals surface area contributed by atoms with Gasteiger partial charge in [-0.25, -0.2) is 4.39 Å². The van der Waals surface area contributed by atoms with Crippen LogP contribution in [0, 0.1) is 12.7 Å². The quantitative estimate of drug-likeness (QED) is 0.833. The molecule has 0 heterocycles. The lowest BCUT2D eigenvalue weighted by Gasteiger charge is -2.13. The third kappa shape index (κ3) is 3.47. The molecule has 0 fully saturated rings. The molecular weight excluding hydrogens is 233 g/mol. The summed E-state index contributed by atoms with van der Waals surface area (Å²) in [5, 5.41) is 0. The van der Waals surface area contributed by atoms with Gasteiger partial charge < -0.3 is 10.5 Å². The lowest BCUT2D eigenvalue weighted by molar-refractivity contribution is -0.141. The molecule has 90 valence electrons. The monoisotopic (exact) mass is 247 g/mol. The maximum atomic E-state index is 13.2. The van der Waals surface area contributed by atoms with Crippen molar-refractivity contribution in [2.75, 3.05) is 7.11 Å². The van der Waals surface area contributed by atoms with Gasteiger partial charge in [0, 0.05) is 6.04 Å². The van der Waals surface area contributed by atoms with E-state index in [1.54, 1.807) is 19.1 Å². The van der Waals surface area contributed by atoms with Crippen molar-refractivity contribution in [2.24, 2.45) is 5.73 Å². The van der Waals surface area contributed by atoms with Gasteiger partial charge in [0.1, 0.15) is 5.82 Å². The van der Waals surface area contributed by atoms with Crippen molar-refractivity contribution >= 4 is 18.4 Å². The number of methoxy groups -OCH3 is 1. The highest BCUT2D eigenvalue weighted by molar-refractivity contribution is 5.85. The topological polar surface area (TPSA) is 52.3 Å². The number of carbonyl (C=O) groups excluding carboxylic acids is 1. The highest BCUT2D eigenvalue weighted by Crippen LogP contribution is 2.20. The molecule has 16 heavy (non-hydrogen) atoms. The molecule has 1 rings (SSSR count). The van der Waals surface area contributed by atoms with E-state index in [-0.39, 0.29) is 24.6 Å². The van der Waals surface area contributed by atoms with E-state index in [4.69, 9.17) is 5.73 Å². The standard InChI is InChI=1S/C11H14FNO2.ClH/c1-7-8(4-3-5-9(7)12)10(13)6-11(14)15-2;/h3-5,10H,6,13H2,1-2H3;1H/t10-;/m1./s1. The Labute approximate surface area is 100 Å². The number of hydrogen-bond donors (Lipinski definition) is 1. The van der Waals surface area contributed by atoms with Crippen LogP contribution in [-0.2, 0) is 9.53 Å². The Bertz CT molecular complexity index is 371. The first kappa shape index (κ1) is 14.9. The fourth-order valence-electron chi connectivity index (χ4n) is 1.40. The summed E-state index contributed by atoms with van der Waals surface area (Å²) in [6.07, 6.45) is 0.0563. The number of halogens is 2. The van der Waals surface area contributed by atoms with Gasteiger partial charge in [-0.1, -0.05) is 12.1 Å². The molecule has 0 saturated carbocycles. The minimum absolute atomic E-state index is 0. The predicted octanol–water partition coefficient (Wildman–Crippen LogP) is 2.12. The van der Waals surface area contributed by atoms with E-state index >= 15 is 0 Å². The summed E-state index contributed by atoms with van der Waals surface area (Å²) < 4.78 is 17.7. The van der Waals surface area contributed by atoms with Crippen molar-refractivity contribution < 1.29 is 13.9 Å². The van der Waals surface area contributed by atoms with E-state index in [0.717, 1.165) is 0 Å². The fraction of sp³-hybridized carbons (Fsp3) is 0.364. The number of hydrogen-bond acceptors (Lipinski definition) is 3. The van der Waals surface area contributed by atoms with Crippen molar-refractivity contribution in [3.63, 3.8) is 0 Å². The normalized spacial score (nSPS) is 11.5. The zero-order valence-corrected chi connectivity index (χ0v) is 10.0. The Hall–Kier alpha value is -1.13. The summed E-state index contributed by atoms with van der Waals surface area (Å²) in [7, 11) is 1.30. The number of ether oxygens (including phenoxy) is 1. The van der Waals surface area contributed by atoms with E-state index in [0.29, 0.717) is 11.1 Å². The Balaban J connectivity index is 0.00000225. The summed E-state index contributed by atoms with van der Waals surface area (Å²) >= 11 is 0. The Morgan fingerprint density at radius 3 is 2.75 bits per heavy atom. The average Bonchev–Trinajstić information content (AvgIpc) is 2.21. The van der Waals surface area contributed by atoms with E-state index in [2.05, 4.69) is 4.74 Å². The van der Waals surface area contributed by atoms with Crippen LogP contribution in [0.5, 0.6) is 0 Å². The number of rotatable bonds is 3. The number of nitrogens with two attached hydrogens (primary N) is 1. The summed E-state index contributed by atoms with van der Waals surface area (Å²) in [6, 6.07) is 4.14. The van der Waals surface area contributed by atoms with Crippen LogP contribution in [0.15, 0.2) is 18.2 Å². The second-order valence-electron chi connectivity index (χ2n) is 3.34. The van der Waals surface area contributed by atoms with E-state index in [1.165, 1.54) is 13.2 Å². The SMILES string of the molecule is COC(=O)C[C@@H](N)c1cccc(F)c1C.Cl.